The summed E-state index contributed by atoms with van der Waals surface area (Å²) in [6.07, 6.45) is 1.06. The number of hydrogen-bond acceptors (Lipinski definition) is 3. The first-order valence-corrected chi connectivity index (χ1v) is 5.72. The van der Waals surface area contributed by atoms with Crippen molar-refractivity contribution in [3.63, 3.8) is 0 Å². The van der Waals surface area contributed by atoms with E-state index in [1.54, 1.807) is 0 Å². The van der Waals surface area contributed by atoms with Crippen molar-refractivity contribution in [2.45, 2.75) is 33.2 Å². The third-order valence-corrected chi connectivity index (χ3v) is 2.85. The minimum Gasteiger partial charge on any atom is -0.354 e. The fourth-order valence-electron chi connectivity index (χ4n) is 2.10. The van der Waals surface area contributed by atoms with Crippen LogP contribution in [-0.4, -0.2) is 43.0 Å². The number of nitrogens with one attached hydrogen (secondary N) is 1. The lowest BCUT2D eigenvalue weighted by molar-refractivity contribution is -0.125. The van der Waals surface area contributed by atoms with Crippen LogP contribution in [0.2, 0.25) is 0 Å². The van der Waals surface area contributed by atoms with Crippen LogP contribution in [-0.2, 0) is 4.79 Å². The van der Waals surface area contributed by atoms with Gasteiger partial charge in [0.25, 0.3) is 0 Å². The van der Waals surface area contributed by atoms with Crippen molar-refractivity contribution in [1.82, 2.24) is 10.2 Å². The van der Waals surface area contributed by atoms with Gasteiger partial charge in [-0.1, -0.05) is 20.8 Å². The third-order valence-electron chi connectivity index (χ3n) is 2.85. The van der Waals surface area contributed by atoms with Gasteiger partial charge in [0.2, 0.25) is 5.91 Å². The van der Waals surface area contributed by atoms with Crippen molar-refractivity contribution in [3.8, 4) is 0 Å². The summed E-state index contributed by atoms with van der Waals surface area (Å²) in [5.41, 5.74) is 5.80. The highest BCUT2D eigenvalue weighted by Gasteiger charge is 2.33. The molecule has 1 fully saturated rings. The van der Waals surface area contributed by atoms with E-state index < -0.39 is 0 Å². The van der Waals surface area contributed by atoms with Crippen LogP contribution in [0.25, 0.3) is 0 Å². The van der Waals surface area contributed by atoms with E-state index in [0.29, 0.717) is 6.54 Å². The van der Waals surface area contributed by atoms with Crippen molar-refractivity contribution in [1.29, 1.82) is 0 Å². The molecular formula is C11H23N3O. The molecule has 1 heterocycles. The molecule has 0 aliphatic carbocycles. The second kappa shape index (κ2) is 4.94. The zero-order valence-corrected chi connectivity index (χ0v) is 10.0. The lowest BCUT2D eigenvalue weighted by Crippen LogP contribution is -2.49. The molecule has 1 atom stereocenters. The molecule has 0 spiro atoms. The lowest BCUT2D eigenvalue weighted by atomic mass is 9.93. The van der Waals surface area contributed by atoms with Crippen molar-refractivity contribution in [2.75, 3.05) is 26.2 Å². The maximum Gasteiger partial charge on any atom is 0.238 e. The van der Waals surface area contributed by atoms with Gasteiger partial charge in [0.05, 0.1) is 0 Å². The van der Waals surface area contributed by atoms with Gasteiger partial charge in [0, 0.05) is 19.6 Å². The van der Waals surface area contributed by atoms with E-state index in [0.717, 1.165) is 26.1 Å². The molecule has 0 bridgehead atoms. The van der Waals surface area contributed by atoms with Crippen LogP contribution in [0, 0.1) is 5.41 Å². The number of nitrogens with two attached hydrogens (primary N) is 1. The van der Waals surface area contributed by atoms with E-state index in [1.165, 1.54) is 0 Å². The number of nitrogens with zero attached hydrogens (tertiary/aromatic N) is 1. The smallest absolute Gasteiger partial charge is 0.238 e. The molecular weight excluding hydrogens is 190 g/mol. The van der Waals surface area contributed by atoms with Crippen molar-refractivity contribution in [2.24, 2.45) is 11.1 Å². The lowest BCUT2D eigenvalue weighted by Gasteiger charge is -2.31. The number of amides is 1. The third kappa shape index (κ3) is 3.18. The minimum absolute atomic E-state index is 0.0801. The fraction of sp³-hybridized carbons (Fsp3) is 0.909. The van der Waals surface area contributed by atoms with E-state index in [9.17, 15) is 4.79 Å². The van der Waals surface area contributed by atoms with Gasteiger partial charge in [-0.2, -0.15) is 0 Å². The van der Waals surface area contributed by atoms with Gasteiger partial charge < -0.3 is 11.1 Å². The molecule has 0 aromatic rings. The highest BCUT2D eigenvalue weighted by Crippen LogP contribution is 2.20. The normalized spacial score (nSPS) is 27.2. The van der Waals surface area contributed by atoms with Crippen molar-refractivity contribution >= 4 is 5.91 Å². The van der Waals surface area contributed by atoms with E-state index in [2.05, 4.69) is 31.0 Å². The van der Waals surface area contributed by atoms with E-state index in [-0.39, 0.29) is 17.4 Å². The number of carbonyl (C=O) groups excluding carboxylic acids is 1. The number of rotatable bonds is 3. The Morgan fingerprint density at radius 1 is 1.60 bits per heavy atom. The average Bonchev–Trinajstić information content (AvgIpc) is 2.25. The fourth-order valence-corrected chi connectivity index (χ4v) is 2.10. The van der Waals surface area contributed by atoms with Crippen LogP contribution in [0.3, 0.4) is 0 Å². The summed E-state index contributed by atoms with van der Waals surface area (Å²) in [7, 11) is 0. The average molecular weight is 213 g/mol. The molecule has 4 heteroatoms. The van der Waals surface area contributed by atoms with Crippen LogP contribution in [0.15, 0.2) is 0 Å². The van der Waals surface area contributed by atoms with Gasteiger partial charge in [0.1, 0.15) is 6.04 Å². The molecule has 1 unspecified atom stereocenters. The van der Waals surface area contributed by atoms with Gasteiger partial charge in [0.15, 0.2) is 0 Å². The molecule has 1 aliphatic heterocycles. The Kier molecular flexibility index (Phi) is 4.11. The highest BCUT2D eigenvalue weighted by molar-refractivity contribution is 5.82. The van der Waals surface area contributed by atoms with Crippen LogP contribution < -0.4 is 11.1 Å². The molecule has 0 aromatic carbocycles. The topological polar surface area (TPSA) is 58.4 Å². The Morgan fingerprint density at radius 3 is 2.80 bits per heavy atom. The Morgan fingerprint density at radius 2 is 2.27 bits per heavy atom. The molecule has 1 rings (SSSR count). The zero-order valence-electron chi connectivity index (χ0n) is 10.0. The number of hydrogen-bond donors (Lipinski definition) is 2. The standard InChI is InChI=1S/C11H23N3O/c1-4-5-14-8-11(2,3)7-13-10(15)9(14)6-12/h9H,4-8,12H2,1-3H3,(H,13,15). The molecule has 3 N–H and O–H groups in total. The Labute approximate surface area is 92.2 Å². The first-order valence-electron chi connectivity index (χ1n) is 5.72. The van der Waals surface area contributed by atoms with E-state index in [4.69, 9.17) is 5.73 Å². The highest BCUT2D eigenvalue weighted by atomic mass is 16.2. The SMILES string of the molecule is CCCN1CC(C)(C)CNC(=O)C1CN. The van der Waals surface area contributed by atoms with Crippen molar-refractivity contribution < 1.29 is 4.79 Å². The van der Waals surface area contributed by atoms with Crippen LogP contribution >= 0.6 is 0 Å². The largest absolute Gasteiger partial charge is 0.354 e. The Bertz CT molecular complexity index is 228. The van der Waals surface area contributed by atoms with Crippen molar-refractivity contribution in [3.05, 3.63) is 0 Å². The molecule has 1 aliphatic rings. The predicted octanol–water partition coefficient (Wildman–Crippen LogP) is 0.182. The Balaban J connectivity index is 2.79. The predicted molar refractivity (Wildman–Crippen MR) is 61.5 cm³/mol. The first kappa shape index (κ1) is 12.5. The van der Waals surface area contributed by atoms with Gasteiger partial charge in [-0.15, -0.1) is 0 Å². The summed E-state index contributed by atoms with van der Waals surface area (Å²) in [5.74, 6) is 0.0801. The monoisotopic (exact) mass is 213 g/mol. The molecule has 15 heavy (non-hydrogen) atoms. The summed E-state index contributed by atoms with van der Waals surface area (Å²) in [6, 6.07) is -0.147. The van der Waals surface area contributed by atoms with Gasteiger partial charge in [-0.25, -0.2) is 0 Å². The maximum atomic E-state index is 11.8. The quantitative estimate of drug-likeness (QED) is 0.703. The van der Waals surface area contributed by atoms with Gasteiger partial charge in [-0.3, -0.25) is 9.69 Å². The summed E-state index contributed by atoms with van der Waals surface area (Å²) in [5, 5.41) is 2.96. The zero-order chi connectivity index (χ0) is 11.5. The molecule has 0 saturated carbocycles. The van der Waals surface area contributed by atoms with E-state index in [1.807, 2.05) is 0 Å². The number of carbonyl (C=O) groups is 1. The summed E-state index contributed by atoms with van der Waals surface area (Å²) < 4.78 is 0. The van der Waals surface area contributed by atoms with E-state index >= 15 is 0 Å². The van der Waals surface area contributed by atoms with Crippen LogP contribution in [0.1, 0.15) is 27.2 Å². The summed E-state index contributed by atoms with van der Waals surface area (Å²) in [6.45, 7) is 9.50. The molecule has 88 valence electrons. The maximum absolute atomic E-state index is 11.8. The minimum atomic E-state index is -0.147. The van der Waals surface area contributed by atoms with Gasteiger partial charge >= 0.3 is 0 Å². The molecule has 0 radical (unpaired) electrons. The van der Waals surface area contributed by atoms with Gasteiger partial charge in [-0.05, 0) is 18.4 Å². The first-order chi connectivity index (χ1) is 7.00. The summed E-state index contributed by atoms with van der Waals surface area (Å²) >= 11 is 0. The molecule has 1 amide bonds. The second-order valence-corrected chi connectivity index (χ2v) is 5.10. The molecule has 4 nitrogen and oxygen atoms in total. The molecule has 0 aromatic heterocycles. The Hall–Kier alpha value is -0.610. The van der Waals surface area contributed by atoms with Crippen LogP contribution in [0.5, 0.6) is 0 Å². The van der Waals surface area contributed by atoms with Crippen LogP contribution in [0.4, 0.5) is 0 Å². The second-order valence-electron chi connectivity index (χ2n) is 5.10. The summed E-state index contributed by atoms with van der Waals surface area (Å²) in [4.78, 5) is 14.0. The molecule has 1 saturated heterocycles.